The number of halogens is 3. The number of aryl methyl sites for hydroxylation is 1. The van der Waals surface area contributed by atoms with Crippen LogP contribution in [0.3, 0.4) is 0 Å². The Hall–Kier alpha value is -3.42. The van der Waals surface area contributed by atoms with Gasteiger partial charge in [0, 0.05) is 45.4 Å². The molecule has 0 radical (unpaired) electrons. The third-order valence-corrected chi connectivity index (χ3v) is 6.78. The third-order valence-electron chi connectivity index (χ3n) is 6.78. The Morgan fingerprint density at radius 3 is 2.50 bits per heavy atom. The predicted molar refractivity (Wildman–Crippen MR) is 131 cm³/mol. The van der Waals surface area contributed by atoms with Gasteiger partial charge >= 0.3 is 0 Å². The number of rotatable bonds is 6. The van der Waals surface area contributed by atoms with Crippen LogP contribution in [0.1, 0.15) is 31.1 Å². The van der Waals surface area contributed by atoms with Crippen LogP contribution < -0.4 is 10.5 Å². The van der Waals surface area contributed by atoms with Crippen LogP contribution >= 0.6 is 0 Å². The van der Waals surface area contributed by atoms with Crippen molar-refractivity contribution in [3.05, 3.63) is 69.9 Å². The van der Waals surface area contributed by atoms with Crippen LogP contribution in [0.2, 0.25) is 0 Å². The summed E-state index contributed by atoms with van der Waals surface area (Å²) < 4.78 is 50.7. The number of benzene rings is 1. The molecule has 7 nitrogen and oxygen atoms in total. The highest BCUT2D eigenvalue weighted by molar-refractivity contribution is 5.89. The zero-order valence-electron chi connectivity index (χ0n) is 20.6. The molecule has 0 saturated carbocycles. The van der Waals surface area contributed by atoms with E-state index < -0.39 is 24.4 Å². The van der Waals surface area contributed by atoms with Gasteiger partial charge in [0.1, 0.15) is 35.7 Å². The van der Waals surface area contributed by atoms with Gasteiger partial charge in [-0.05, 0) is 43.7 Å². The van der Waals surface area contributed by atoms with Crippen LogP contribution in [0.4, 0.5) is 18.9 Å². The number of ether oxygens (including phenoxy) is 1. The van der Waals surface area contributed by atoms with Crippen molar-refractivity contribution in [2.45, 2.75) is 37.9 Å². The molecule has 1 saturated heterocycles. The van der Waals surface area contributed by atoms with Gasteiger partial charge in [-0.1, -0.05) is 12.1 Å². The normalized spacial score (nSPS) is 19.9. The zero-order chi connectivity index (χ0) is 26.2. The molecule has 3 aromatic rings. The molecular formula is C26H28F3N5O2. The predicted octanol–water partition coefficient (Wildman–Crippen LogP) is 3.87. The molecule has 0 aliphatic carbocycles. The maximum atomic E-state index is 15.4. The van der Waals surface area contributed by atoms with Gasteiger partial charge in [-0.25, -0.2) is 18.2 Å². The van der Waals surface area contributed by atoms with Crippen LogP contribution in [-0.2, 0) is 11.8 Å². The number of fused-ring (bicyclic) bond motifs is 1. The van der Waals surface area contributed by atoms with E-state index in [9.17, 15) is 14.4 Å². The average Bonchev–Trinajstić information content (AvgIpc) is 2.84. The number of piperazine rings is 1. The monoisotopic (exact) mass is 499 g/mol. The van der Waals surface area contributed by atoms with E-state index in [-0.39, 0.29) is 29.9 Å². The molecule has 0 amide bonds. The Kier molecular flexibility index (Phi) is 7.07. The van der Waals surface area contributed by atoms with E-state index in [1.54, 1.807) is 24.1 Å². The van der Waals surface area contributed by atoms with E-state index in [0.29, 0.717) is 28.8 Å². The van der Waals surface area contributed by atoms with Crippen molar-refractivity contribution in [1.82, 2.24) is 14.5 Å². The van der Waals surface area contributed by atoms with Gasteiger partial charge < -0.3 is 14.2 Å². The van der Waals surface area contributed by atoms with E-state index in [1.165, 1.54) is 42.0 Å². The lowest BCUT2D eigenvalue weighted by Gasteiger charge is -2.49. The van der Waals surface area contributed by atoms with Crippen molar-refractivity contribution in [1.29, 1.82) is 5.26 Å². The summed E-state index contributed by atoms with van der Waals surface area (Å²) in [6.45, 7) is 3.54. The second kappa shape index (κ2) is 9.91. The van der Waals surface area contributed by atoms with Crippen molar-refractivity contribution in [2.75, 3.05) is 31.7 Å². The smallest absolute Gasteiger partial charge is 0.290 e. The van der Waals surface area contributed by atoms with E-state index in [4.69, 9.17) is 4.74 Å². The average molecular weight is 500 g/mol. The first kappa shape index (κ1) is 25.7. The lowest BCUT2D eigenvalue weighted by atomic mass is 9.94. The first-order chi connectivity index (χ1) is 17.1. The first-order valence-corrected chi connectivity index (χ1v) is 11.6. The number of hydrogen-bond acceptors (Lipinski definition) is 6. The number of aromatic nitrogens is 2. The lowest BCUT2D eigenvalue weighted by Crippen LogP contribution is -2.60. The van der Waals surface area contributed by atoms with Gasteiger partial charge in [-0.15, -0.1) is 0 Å². The number of nitrogens with zero attached hydrogens (tertiary/aromatic N) is 5. The van der Waals surface area contributed by atoms with Crippen LogP contribution in [0.25, 0.3) is 11.0 Å². The zero-order valence-corrected chi connectivity index (χ0v) is 20.6. The molecule has 1 aromatic carbocycles. The Morgan fingerprint density at radius 1 is 1.17 bits per heavy atom. The largest absolute Gasteiger partial charge is 0.378 e. The van der Waals surface area contributed by atoms with Crippen molar-refractivity contribution >= 4 is 16.7 Å². The van der Waals surface area contributed by atoms with E-state index in [0.717, 1.165) is 0 Å². The van der Waals surface area contributed by atoms with Crippen LogP contribution in [0, 0.1) is 17.1 Å². The van der Waals surface area contributed by atoms with Gasteiger partial charge in [0.2, 0.25) is 0 Å². The molecular weight excluding hydrogens is 471 g/mol. The SMILES string of the molecule is COCC(F)(F)C(c1ccc(F)cc1)N1C[C@H](C)N(c2cc(=O)n(C)c3ccc(C#N)nc23)C[C@H]1C. The molecule has 1 aliphatic rings. The minimum atomic E-state index is -3.23. The Balaban J connectivity index is 1.75. The van der Waals surface area contributed by atoms with Crippen LogP contribution in [0.5, 0.6) is 0 Å². The molecule has 1 aliphatic heterocycles. The van der Waals surface area contributed by atoms with Crippen molar-refractivity contribution in [3.63, 3.8) is 0 Å². The molecule has 3 heterocycles. The number of anilines is 1. The van der Waals surface area contributed by atoms with Crippen LogP contribution in [0.15, 0.2) is 47.3 Å². The summed E-state index contributed by atoms with van der Waals surface area (Å²) in [6, 6.07) is 9.91. The van der Waals surface area contributed by atoms with Gasteiger partial charge in [-0.3, -0.25) is 9.69 Å². The summed E-state index contributed by atoms with van der Waals surface area (Å²) in [7, 11) is 2.86. The molecule has 1 unspecified atom stereocenters. The molecule has 190 valence electrons. The molecule has 0 spiro atoms. The number of hydrogen-bond donors (Lipinski definition) is 0. The minimum Gasteiger partial charge on any atom is -0.378 e. The number of methoxy groups -OCH3 is 1. The summed E-state index contributed by atoms with van der Waals surface area (Å²) >= 11 is 0. The number of alkyl halides is 2. The second-order valence-electron chi connectivity index (χ2n) is 9.30. The highest BCUT2D eigenvalue weighted by Crippen LogP contribution is 2.40. The summed E-state index contributed by atoms with van der Waals surface area (Å²) in [5.74, 6) is -3.73. The quantitative estimate of drug-likeness (QED) is 0.513. The van der Waals surface area contributed by atoms with Gasteiger partial charge in [0.25, 0.3) is 11.5 Å². The second-order valence-corrected chi connectivity index (χ2v) is 9.30. The molecule has 10 heteroatoms. The Morgan fingerprint density at radius 2 is 1.86 bits per heavy atom. The molecule has 2 aromatic heterocycles. The number of nitriles is 1. The van der Waals surface area contributed by atoms with E-state index >= 15 is 8.78 Å². The lowest BCUT2D eigenvalue weighted by molar-refractivity contribution is -0.135. The molecule has 3 atom stereocenters. The fraction of sp³-hybridized carbons (Fsp3) is 0.423. The minimum absolute atomic E-state index is 0.220. The molecule has 0 N–H and O–H groups in total. The Bertz CT molecular complexity index is 1350. The van der Waals surface area contributed by atoms with Gasteiger partial charge in [0.15, 0.2) is 0 Å². The molecule has 36 heavy (non-hydrogen) atoms. The molecule has 0 bridgehead atoms. The van der Waals surface area contributed by atoms with Crippen molar-refractivity contribution in [2.24, 2.45) is 7.05 Å². The van der Waals surface area contributed by atoms with E-state index in [2.05, 4.69) is 4.98 Å². The maximum absolute atomic E-state index is 15.4. The summed E-state index contributed by atoms with van der Waals surface area (Å²) in [5.41, 5.74) is 1.92. The van der Waals surface area contributed by atoms with Crippen molar-refractivity contribution in [3.8, 4) is 6.07 Å². The van der Waals surface area contributed by atoms with Gasteiger partial charge in [-0.2, -0.15) is 5.26 Å². The highest BCUT2D eigenvalue weighted by Gasteiger charge is 2.48. The summed E-state index contributed by atoms with van der Waals surface area (Å²) in [6.07, 6.45) is 0. The highest BCUT2D eigenvalue weighted by atomic mass is 19.3. The van der Waals surface area contributed by atoms with Crippen LogP contribution in [-0.4, -0.2) is 59.3 Å². The fourth-order valence-electron chi connectivity index (χ4n) is 5.04. The van der Waals surface area contributed by atoms with E-state index in [1.807, 2.05) is 24.8 Å². The van der Waals surface area contributed by atoms with Crippen molar-refractivity contribution < 1.29 is 17.9 Å². The topological polar surface area (TPSA) is 74.4 Å². The standard InChI is InChI=1S/C26H28F3N5O2/c1-16-14-34(25(26(28,29)15-36-4)18-5-7-19(27)8-6-18)17(2)13-33(16)22-11-23(35)32(3)21-10-9-20(12-30)31-24(21)22/h5-11,16-17,25H,13-15H2,1-4H3/t16-,17+,25?/m0/s1. The summed E-state index contributed by atoms with van der Waals surface area (Å²) in [5, 5.41) is 9.35. The Labute approximate surface area is 207 Å². The van der Waals surface area contributed by atoms with Gasteiger partial charge in [0.05, 0.1) is 11.2 Å². The number of pyridine rings is 2. The molecule has 4 rings (SSSR count). The fourth-order valence-corrected chi connectivity index (χ4v) is 5.04. The maximum Gasteiger partial charge on any atom is 0.290 e. The summed E-state index contributed by atoms with van der Waals surface area (Å²) in [4.78, 5) is 20.9. The third kappa shape index (κ3) is 4.68. The first-order valence-electron chi connectivity index (χ1n) is 11.6. The molecule has 1 fully saturated rings.